The zero-order valence-corrected chi connectivity index (χ0v) is 9.40. The average molecular weight is 221 g/mol. The second-order valence-electron chi connectivity index (χ2n) is 3.09. The highest BCUT2D eigenvalue weighted by Gasteiger charge is 1.93. The second kappa shape index (κ2) is 6.50. The molecule has 1 rings (SSSR count). The number of rotatable bonds is 5. The smallest absolute Gasteiger partial charge is 0.331 e. The molecule has 0 radical (unpaired) electrons. The highest BCUT2D eigenvalue weighted by molar-refractivity contribution is 5.81. The molecule has 0 aliphatic heterocycles. The van der Waals surface area contributed by atoms with Crippen LogP contribution in [0.1, 0.15) is 5.56 Å². The molecule has 16 heavy (non-hydrogen) atoms. The summed E-state index contributed by atoms with van der Waals surface area (Å²) in [4.78, 5) is 10.7. The SMILES string of the molecule is COC(=O)/C=C\NCc1ccc(OC)cc1. The molecule has 0 aliphatic rings. The summed E-state index contributed by atoms with van der Waals surface area (Å²) in [6.45, 7) is 0.650. The van der Waals surface area contributed by atoms with Crippen molar-refractivity contribution >= 4 is 5.97 Å². The van der Waals surface area contributed by atoms with E-state index in [2.05, 4.69) is 10.1 Å². The topological polar surface area (TPSA) is 47.6 Å². The average Bonchev–Trinajstić information content (AvgIpc) is 2.35. The van der Waals surface area contributed by atoms with Gasteiger partial charge in [-0.05, 0) is 17.7 Å². The van der Waals surface area contributed by atoms with Crippen LogP contribution in [0.3, 0.4) is 0 Å². The van der Waals surface area contributed by atoms with Gasteiger partial charge in [-0.25, -0.2) is 4.79 Å². The lowest BCUT2D eigenvalue weighted by Gasteiger charge is -2.03. The van der Waals surface area contributed by atoms with Gasteiger partial charge in [0.2, 0.25) is 0 Å². The lowest BCUT2D eigenvalue weighted by molar-refractivity contribution is -0.134. The number of carbonyl (C=O) groups excluding carboxylic acids is 1. The molecule has 0 amide bonds. The molecule has 0 aromatic heterocycles. The van der Waals surface area contributed by atoms with E-state index in [0.717, 1.165) is 11.3 Å². The van der Waals surface area contributed by atoms with Crippen LogP contribution < -0.4 is 10.1 Å². The molecule has 1 aromatic carbocycles. The van der Waals surface area contributed by atoms with E-state index in [9.17, 15) is 4.79 Å². The molecule has 4 nitrogen and oxygen atoms in total. The van der Waals surface area contributed by atoms with Gasteiger partial charge < -0.3 is 14.8 Å². The summed E-state index contributed by atoms with van der Waals surface area (Å²) >= 11 is 0. The van der Waals surface area contributed by atoms with E-state index in [1.165, 1.54) is 13.2 Å². The molecule has 0 heterocycles. The van der Waals surface area contributed by atoms with Gasteiger partial charge in [0, 0.05) is 18.8 Å². The van der Waals surface area contributed by atoms with Crippen LogP contribution in [0.5, 0.6) is 5.75 Å². The van der Waals surface area contributed by atoms with Crippen LogP contribution in [0.25, 0.3) is 0 Å². The van der Waals surface area contributed by atoms with Gasteiger partial charge in [-0.1, -0.05) is 12.1 Å². The Hall–Kier alpha value is -1.97. The van der Waals surface area contributed by atoms with Crippen molar-refractivity contribution in [2.45, 2.75) is 6.54 Å². The monoisotopic (exact) mass is 221 g/mol. The van der Waals surface area contributed by atoms with Crippen molar-refractivity contribution in [3.8, 4) is 5.75 Å². The second-order valence-corrected chi connectivity index (χ2v) is 3.09. The Labute approximate surface area is 94.9 Å². The molecule has 0 aliphatic carbocycles. The summed E-state index contributed by atoms with van der Waals surface area (Å²) in [5, 5.41) is 2.98. The Morgan fingerprint density at radius 3 is 2.56 bits per heavy atom. The van der Waals surface area contributed by atoms with Crippen LogP contribution >= 0.6 is 0 Å². The van der Waals surface area contributed by atoms with Crippen molar-refractivity contribution in [3.05, 3.63) is 42.1 Å². The molecular formula is C12H15NO3. The van der Waals surface area contributed by atoms with E-state index in [1.807, 2.05) is 24.3 Å². The molecule has 0 bridgehead atoms. The van der Waals surface area contributed by atoms with Gasteiger partial charge >= 0.3 is 5.97 Å². The van der Waals surface area contributed by atoms with Crippen molar-refractivity contribution in [2.75, 3.05) is 14.2 Å². The van der Waals surface area contributed by atoms with E-state index >= 15 is 0 Å². The zero-order valence-electron chi connectivity index (χ0n) is 9.40. The van der Waals surface area contributed by atoms with Crippen molar-refractivity contribution in [2.24, 2.45) is 0 Å². The Morgan fingerprint density at radius 2 is 2.00 bits per heavy atom. The lowest BCUT2D eigenvalue weighted by Crippen LogP contribution is -2.06. The highest BCUT2D eigenvalue weighted by Crippen LogP contribution is 2.10. The van der Waals surface area contributed by atoms with Gasteiger partial charge in [-0.2, -0.15) is 0 Å². The summed E-state index contributed by atoms with van der Waals surface area (Å²) in [5.41, 5.74) is 1.11. The summed E-state index contributed by atoms with van der Waals surface area (Å²) < 4.78 is 9.50. The van der Waals surface area contributed by atoms with Crippen LogP contribution in [-0.4, -0.2) is 20.2 Å². The Bertz CT molecular complexity index is 357. The third-order valence-corrected chi connectivity index (χ3v) is 2.00. The van der Waals surface area contributed by atoms with Gasteiger partial charge in [-0.15, -0.1) is 0 Å². The summed E-state index contributed by atoms with van der Waals surface area (Å²) in [6, 6.07) is 7.69. The van der Waals surface area contributed by atoms with Gasteiger partial charge in [0.05, 0.1) is 14.2 Å². The first-order chi connectivity index (χ1) is 7.76. The number of hydrogen-bond acceptors (Lipinski definition) is 4. The maximum Gasteiger partial charge on any atom is 0.331 e. The number of carbonyl (C=O) groups is 1. The van der Waals surface area contributed by atoms with Gasteiger partial charge in [0.15, 0.2) is 0 Å². The molecule has 0 saturated heterocycles. The van der Waals surface area contributed by atoms with Crippen molar-refractivity contribution in [1.82, 2.24) is 5.32 Å². The summed E-state index contributed by atoms with van der Waals surface area (Å²) in [5.74, 6) is 0.455. The third-order valence-electron chi connectivity index (χ3n) is 2.00. The Balaban J connectivity index is 2.37. The van der Waals surface area contributed by atoms with Crippen molar-refractivity contribution in [3.63, 3.8) is 0 Å². The zero-order chi connectivity index (χ0) is 11.8. The number of nitrogens with one attached hydrogen (secondary N) is 1. The summed E-state index contributed by atoms with van der Waals surface area (Å²) in [6.07, 6.45) is 2.90. The first kappa shape index (κ1) is 12.1. The van der Waals surface area contributed by atoms with E-state index in [1.54, 1.807) is 13.3 Å². The molecule has 0 unspecified atom stereocenters. The molecule has 0 fully saturated rings. The minimum atomic E-state index is -0.373. The number of benzene rings is 1. The normalized spacial score (nSPS) is 10.1. The van der Waals surface area contributed by atoms with E-state index in [-0.39, 0.29) is 5.97 Å². The van der Waals surface area contributed by atoms with Crippen LogP contribution in [0.15, 0.2) is 36.5 Å². The van der Waals surface area contributed by atoms with Gasteiger partial charge in [0.1, 0.15) is 5.75 Å². The van der Waals surface area contributed by atoms with Crippen LogP contribution in [0.2, 0.25) is 0 Å². The number of esters is 1. The third kappa shape index (κ3) is 4.04. The minimum absolute atomic E-state index is 0.373. The van der Waals surface area contributed by atoms with E-state index in [0.29, 0.717) is 6.54 Å². The molecular weight excluding hydrogens is 206 g/mol. The number of hydrogen-bond donors (Lipinski definition) is 1. The van der Waals surface area contributed by atoms with Crippen LogP contribution in [-0.2, 0) is 16.1 Å². The fraction of sp³-hybridized carbons (Fsp3) is 0.250. The first-order valence-electron chi connectivity index (χ1n) is 4.87. The fourth-order valence-electron chi connectivity index (χ4n) is 1.12. The van der Waals surface area contributed by atoms with Gasteiger partial charge in [0.25, 0.3) is 0 Å². The quantitative estimate of drug-likeness (QED) is 0.604. The Morgan fingerprint density at radius 1 is 1.31 bits per heavy atom. The van der Waals surface area contributed by atoms with Crippen molar-refractivity contribution < 1.29 is 14.3 Å². The molecule has 86 valence electrons. The Kier molecular flexibility index (Phi) is 4.92. The molecule has 4 heteroatoms. The predicted molar refractivity (Wildman–Crippen MR) is 61.0 cm³/mol. The maximum atomic E-state index is 10.7. The molecule has 0 saturated carbocycles. The van der Waals surface area contributed by atoms with Gasteiger partial charge in [-0.3, -0.25) is 0 Å². The molecule has 0 atom stereocenters. The predicted octanol–water partition coefficient (Wildman–Crippen LogP) is 1.47. The van der Waals surface area contributed by atoms with Crippen molar-refractivity contribution in [1.29, 1.82) is 0 Å². The van der Waals surface area contributed by atoms with Crippen LogP contribution in [0, 0.1) is 0 Å². The van der Waals surface area contributed by atoms with E-state index in [4.69, 9.17) is 4.74 Å². The molecule has 1 aromatic rings. The minimum Gasteiger partial charge on any atom is -0.497 e. The standard InChI is InChI=1S/C12H15NO3/c1-15-11-5-3-10(4-6-11)9-13-8-7-12(14)16-2/h3-8,13H,9H2,1-2H3/b8-7-. The lowest BCUT2D eigenvalue weighted by atomic mass is 10.2. The molecule has 1 N–H and O–H groups in total. The largest absolute Gasteiger partial charge is 0.497 e. The number of ether oxygens (including phenoxy) is 2. The van der Waals surface area contributed by atoms with E-state index < -0.39 is 0 Å². The van der Waals surface area contributed by atoms with Crippen LogP contribution in [0.4, 0.5) is 0 Å². The highest BCUT2D eigenvalue weighted by atomic mass is 16.5. The summed E-state index contributed by atoms with van der Waals surface area (Å²) in [7, 11) is 2.97. The fourth-order valence-corrected chi connectivity index (χ4v) is 1.12. The molecule has 0 spiro atoms. The number of methoxy groups -OCH3 is 2. The maximum absolute atomic E-state index is 10.7. The first-order valence-corrected chi connectivity index (χ1v) is 4.87.